The lowest BCUT2D eigenvalue weighted by atomic mass is 9.99. The summed E-state index contributed by atoms with van der Waals surface area (Å²) in [4.78, 5) is 11.7. The molecule has 0 aromatic heterocycles. The average Bonchev–Trinajstić information content (AvgIpc) is 2.44. The summed E-state index contributed by atoms with van der Waals surface area (Å²) in [5, 5.41) is 2.08. The summed E-state index contributed by atoms with van der Waals surface area (Å²) in [6.45, 7) is -0.228. The van der Waals surface area contributed by atoms with Gasteiger partial charge in [0.2, 0.25) is 5.91 Å². The number of alkyl halides is 5. The van der Waals surface area contributed by atoms with Crippen molar-refractivity contribution in [3.05, 3.63) is 35.4 Å². The van der Waals surface area contributed by atoms with Crippen LogP contribution in [0, 0.1) is 5.92 Å². The molecule has 0 aliphatic carbocycles. The van der Waals surface area contributed by atoms with Crippen molar-refractivity contribution in [3.8, 4) is 0 Å². The van der Waals surface area contributed by atoms with Crippen molar-refractivity contribution in [1.82, 2.24) is 5.32 Å². The largest absolute Gasteiger partial charge is 0.416 e. The van der Waals surface area contributed by atoms with Crippen molar-refractivity contribution in [2.75, 3.05) is 13.1 Å². The van der Waals surface area contributed by atoms with Crippen molar-refractivity contribution in [3.63, 3.8) is 0 Å². The van der Waals surface area contributed by atoms with Crippen molar-refractivity contribution >= 4 is 5.91 Å². The summed E-state index contributed by atoms with van der Waals surface area (Å²) in [5.74, 6) is -4.43. The monoisotopic (exact) mass is 324 g/mol. The Morgan fingerprint density at radius 1 is 1.18 bits per heavy atom. The summed E-state index contributed by atoms with van der Waals surface area (Å²) in [6, 6.07) is 4.37. The lowest BCUT2D eigenvalue weighted by Gasteiger charge is -2.17. The zero-order valence-electron chi connectivity index (χ0n) is 11.9. The van der Waals surface area contributed by atoms with E-state index in [2.05, 4.69) is 5.32 Å². The van der Waals surface area contributed by atoms with Crippen LogP contribution in [0.1, 0.15) is 18.1 Å². The highest BCUT2D eigenvalue weighted by molar-refractivity contribution is 5.78. The second-order valence-corrected chi connectivity index (χ2v) is 5.08. The Morgan fingerprint density at radius 3 is 2.18 bits per heavy atom. The van der Waals surface area contributed by atoms with Crippen molar-refractivity contribution in [2.24, 2.45) is 11.7 Å². The quantitative estimate of drug-likeness (QED) is 0.790. The molecule has 1 atom stereocenters. The number of hydrogen-bond acceptors (Lipinski definition) is 2. The van der Waals surface area contributed by atoms with Gasteiger partial charge in [-0.05, 0) is 24.1 Å². The van der Waals surface area contributed by atoms with Gasteiger partial charge in [0, 0.05) is 5.92 Å². The molecule has 22 heavy (non-hydrogen) atoms. The van der Waals surface area contributed by atoms with Gasteiger partial charge in [0.05, 0.1) is 18.7 Å². The van der Waals surface area contributed by atoms with Gasteiger partial charge in [-0.3, -0.25) is 4.79 Å². The van der Waals surface area contributed by atoms with Crippen LogP contribution in [0.25, 0.3) is 0 Å². The molecule has 0 aliphatic heterocycles. The van der Waals surface area contributed by atoms with Crippen LogP contribution in [0.5, 0.6) is 0 Å². The van der Waals surface area contributed by atoms with E-state index in [1.165, 1.54) is 19.1 Å². The maximum atomic E-state index is 12.9. The number of halogens is 5. The fourth-order valence-electron chi connectivity index (χ4n) is 1.74. The summed E-state index contributed by atoms with van der Waals surface area (Å²) in [6.07, 6.45) is -4.27. The van der Waals surface area contributed by atoms with Crippen LogP contribution in [0.2, 0.25) is 0 Å². The lowest BCUT2D eigenvalue weighted by molar-refractivity contribution is -0.137. The van der Waals surface area contributed by atoms with E-state index in [9.17, 15) is 26.7 Å². The van der Waals surface area contributed by atoms with Crippen LogP contribution in [0.15, 0.2) is 24.3 Å². The van der Waals surface area contributed by atoms with Crippen LogP contribution < -0.4 is 11.1 Å². The number of nitrogens with two attached hydrogens (primary N) is 1. The van der Waals surface area contributed by atoms with E-state index in [1.807, 2.05) is 0 Å². The molecule has 0 saturated carbocycles. The molecular formula is C14H17F5N2O. The van der Waals surface area contributed by atoms with E-state index < -0.39 is 42.6 Å². The Kier molecular flexibility index (Phi) is 5.87. The smallest absolute Gasteiger partial charge is 0.350 e. The van der Waals surface area contributed by atoms with Gasteiger partial charge in [-0.1, -0.05) is 19.1 Å². The van der Waals surface area contributed by atoms with Crippen LogP contribution >= 0.6 is 0 Å². The highest BCUT2D eigenvalue weighted by Gasteiger charge is 2.30. The molecule has 0 aliphatic rings. The van der Waals surface area contributed by atoms with E-state index in [0.29, 0.717) is 5.56 Å². The van der Waals surface area contributed by atoms with Gasteiger partial charge in [-0.25, -0.2) is 8.78 Å². The Labute approximate surface area is 124 Å². The summed E-state index contributed by atoms with van der Waals surface area (Å²) in [7, 11) is 0. The zero-order chi connectivity index (χ0) is 17.0. The van der Waals surface area contributed by atoms with Gasteiger partial charge >= 0.3 is 6.18 Å². The van der Waals surface area contributed by atoms with E-state index in [-0.39, 0.29) is 6.42 Å². The lowest BCUT2D eigenvalue weighted by Crippen LogP contribution is -2.43. The number of amides is 1. The first kappa shape index (κ1) is 18.3. The third-order valence-corrected chi connectivity index (χ3v) is 3.09. The van der Waals surface area contributed by atoms with Crippen LogP contribution in [-0.2, 0) is 17.4 Å². The Morgan fingerprint density at radius 2 is 1.73 bits per heavy atom. The first-order chi connectivity index (χ1) is 10.0. The molecule has 3 nitrogen and oxygen atoms in total. The number of nitrogens with one attached hydrogen (secondary N) is 1. The summed E-state index contributed by atoms with van der Waals surface area (Å²) >= 11 is 0. The molecule has 1 unspecified atom stereocenters. The van der Waals surface area contributed by atoms with Crippen molar-refractivity contribution in [2.45, 2.75) is 25.4 Å². The number of carbonyl (C=O) groups excluding carboxylic acids is 1. The Balaban J connectivity index is 2.57. The highest BCUT2D eigenvalue weighted by atomic mass is 19.4. The van der Waals surface area contributed by atoms with E-state index in [1.54, 1.807) is 0 Å². The average molecular weight is 324 g/mol. The molecule has 1 aromatic carbocycles. The molecule has 0 saturated heterocycles. The van der Waals surface area contributed by atoms with E-state index >= 15 is 0 Å². The van der Waals surface area contributed by atoms with Gasteiger partial charge in [-0.15, -0.1) is 0 Å². The van der Waals surface area contributed by atoms with Gasteiger partial charge in [0.25, 0.3) is 5.92 Å². The normalized spacial score (nSPS) is 13.8. The SMILES string of the molecule is CC(Cc1ccc(C(F)(F)F)cc1)C(=O)NCC(F)(F)CN. The van der Waals surface area contributed by atoms with Crippen LogP contribution in [-0.4, -0.2) is 24.9 Å². The number of benzene rings is 1. The zero-order valence-corrected chi connectivity index (χ0v) is 11.9. The second kappa shape index (κ2) is 7.04. The molecule has 124 valence electrons. The third-order valence-electron chi connectivity index (χ3n) is 3.09. The molecule has 0 radical (unpaired) electrons. The fraction of sp³-hybridized carbons (Fsp3) is 0.500. The molecule has 3 N–H and O–H groups in total. The van der Waals surface area contributed by atoms with Crippen molar-refractivity contribution in [1.29, 1.82) is 0 Å². The molecule has 1 aromatic rings. The molecule has 0 bridgehead atoms. The van der Waals surface area contributed by atoms with E-state index in [4.69, 9.17) is 5.73 Å². The first-order valence-electron chi connectivity index (χ1n) is 6.57. The van der Waals surface area contributed by atoms with Crippen molar-refractivity contribution < 1.29 is 26.7 Å². The van der Waals surface area contributed by atoms with Gasteiger partial charge in [0.1, 0.15) is 0 Å². The summed E-state index contributed by atoms with van der Waals surface area (Å²) < 4.78 is 63.1. The van der Waals surface area contributed by atoms with Gasteiger partial charge in [-0.2, -0.15) is 13.2 Å². The van der Waals surface area contributed by atoms with Crippen LogP contribution in [0.3, 0.4) is 0 Å². The molecule has 0 fully saturated rings. The maximum Gasteiger partial charge on any atom is 0.416 e. The minimum absolute atomic E-state index is 0.151. The fourth-order valence-corrected chi connectivity index (χ4v) is 1.74. The van der Waals surface area contributed by atoms with Gasteiger partial charge < -0.3 is 11.1 Å². The van der Waals surface area contributed by atoms with E-state index in [0.717, 1.165) is 12.1 Å². The predicted octanol–water partition coefficient (Wildman–Crippen LogP) is 2.59. The number of carbonyl (C=O) groups is 1. The van der Waals surface area contributed by atoms with Gasteiger partial charge in [0.15, 0.2) is 0 Å². The number of hydrogen-bond donors (Lipinski definition) is 2. The number of rotatable bonds is 6. The first-order valence-corrected chi connectivity index (χ1v) is 6.57. The Hall–Kier alpha value is -1.70. The standard InChI is InChI=1S/C14H17F5N2O/c1-9(12(22)21-8-13(15,16)7-20)6-10-2-4-11(5-3-10)14(17,18)19/h2-5,9H,6-8,20H2,1H3,(H,21,22). The molecule has 8 heteroatoms. The molecular weight excluding hydrogens is 307 g/mol. The molecule has 0 spiro atoms. The third kappa shape index (κ3) is 5.59. The molecule has 1 rings (SSSR count). The highest BCUT2D eigenvalue weighted by Crippen LogP contribution is 2.29. The minimum atomic E-state index is -4.42. The summed E-state index contributed by atoms with van der Waals surface area (Å²) in [5.41, 5.74) is 4.58. The topological polar surface area (TPSA) is 55.1 Å². The predicted molar refractivity (Wildman–Crippen MR) is 71.3 cm³/mol. The minimum Gasteiger partial charge on any atom is -0.350 e. The molecule has 1 amide bonds. The Bertz CT molecular complexity index is 499. The van der Waals surface area contributed by atoms with Crippen LogP contribution in [0.4, 0.5) is 22.0 Å². The maximum absolute atomic E-state index is 12.9. The second-order valence-electron chi connectivity index (χ2n) is 5.08. The molecule has 0 heterocycles.